The Morgan fingerprint density at radius 1 is 1.12 bits per heavy atom. The third kappa shape index (κ3) is 4.41. The van der Waals surface area contributed by atoms with Crippen molar-refractivity contribution in [1.29, 1.82) is 0 Å². The van der Waals surface area contributed by atoms with E-state index in [4.69, 9.17) is 25.8 Å². The summed E-state index contributed by atoms with van der Waals surface area (Å²) in [7, 11) is -1.74. The van der Waals surface area contributed by atoms with E-state index in [-0.39, 0.29) is 16.7 Å². The minimum Gasteiger partial charge on any atom is -0.492 e. The molecule has 0 spiro atoms. The standard InChI is InChI=1S/C21H17ClF2N4O5S/c1-31-19-12-5-6-25-20(12)26-9-16(19)33-10-13-14(23)3-4-15(18(13)24)28-34(29,30)17-7-11(22)8-27-21(17)32-2/h3-9,28H,10H2,1-2H3,(H,25,26). The lowest BCUT2D eigenvalue weighted by molar-refractivity contribution is 0.274. The summed E-state index contributed by atoms with van der Waals surface area (Å²) in [6, 6.07) is 4.67. The minimum absolute atomic E-state index is 0.0248. The van der Waals surface area contributed by atoms with Gasteiger partial charge in [-0.25, -0.2) is 27.2 Å². The van der Waals surface area contributed by atoms with Crippen molar-refractivity contribution < 1.29 is 31.4 Å². The first kappa shape index (κ1) is 23.5. The zero-order valence-electron chi connectivity index (χ0n) is 17.7. The highest BCUT2D eigenvalue weighted by Gasteiger charge is 2.25. The first-order valence-electron chi connectivity index (χ1n) is 9.57. The van der Waals surface area contributed by atoms with Gasteiger partial charge in [-0.1, -0.05) is 11.6 Å². The summed E-state index contributed by atoms with van der Waals surface area (Å²) in [5.74, 6) is -1.87. The lowest BCUT2D eigenvalue weighted by Gasteiger charge is -2.15. The third-order valence-electron chi connectivity index (χ3n) is 4.78. The van der Waals surface area contributed by atoms with Gasteiger partial charge >= 0.3 is 0 Å². The van der Waals surface area contributed by atoms with E-state index < -0.39 is 44.4 Å². The number of hydrogen-bond donors (Lipinski definition) is 2. The molecule has 178 valence electrons. The average Bonchev–Trinajstić information content (AvgIpc) is 3.29. The molecule has 13 heteroatoms. The van der Waals surface area contributed by atoms with E-state index in [2.05, 4.69) is 19.7 Å². The molecule has 0 atom stereocenters. The van der Waals surface area contributed by atoms with Gasteiger partial charge in [0.05, 0.1) is 42.1 Å². The first-order valence-corrected chi connectivity index (χ1v) is 11.4. The number of H-pyrrole nitrogens is 1. The number of pyridine rings is 2. The van der Waals surface area contributed by atoms with Crippen molar-refractivity contribution in [1.82, 2.24) is 15.0 Å². The Morgan fingerprint density at radius 2 is 1.91 bits per heavy atom. The van der Waals surface area contributed by atoms with Gasteiger partial charge in [0.1, 0.15) is 18.1 Å². The Labute approximate surface area is 197 Å². The molecule has 0 radical (unpaired) electrons. The number of nitrogens with zero attached hydrogens (tertiary/aromatic N) is 2. The van der Waals surface area contributed by atoms with Gasteiger partial charge in [0.25, 0.3) is 10.0 Å². The van der Waals surface area contributed by atoms with Crippen molar-refractivity contribution in [2.45, 2.75) is 11.5 Å². The summed E-state index contributed by atoms with van der Waals surface area (Å²) in [5.41, 5.74) is -0.468. The molecule has 0 aliphatic carbocycles. The molecule has 0 unspecified atom stereocenters. The van der Waals surface area contributed by atoms with Crippen LogP contribution in [0.1, 0.15) is 5.56 Å². The maximum absolute atomic E-state index is 15.2. The van der Waals surface area contributed by atoms with E-state index in [0.29, 0.717) is 16.8 Å². The number of rotatable bonds is 8. The summed E-state index contributed by atoms with van der Waals surface area (Å²) < 4.78 is 73.2. The van der Waals surface area contributed by atoms with Gasteiger partial charge in [0.15, 0.2) is 22.2 Å². The Bertz CT molecular complexity index is 1480. The third-order valence-corrected chi connectivity index (χ3v) is 6.35. The van der Waals surface area contributed by atoms with Crippen molar-refractivity contribution in [3.05, 3.63) is 65.1 Å². The van der Waals surface area contributed by atoms with Gasteiger partial charge in [-0.3, -0.25) is 4.72 Å². The predicted molar refractivity (Wildman–Crippen MR) is 120 cm³/mol. The summed E-state index contributed by atoms with van der Waals surface area (Å²) in [6.45, 7) is -0.566. The second kappa shape index (κ2) is 9.31. The smallest absolute Gasteiger partial charge is 0.267 e. The molecule has 0 aliphatic rings. The van der Waals surface area contributed by atoms with Gasteiger partial charge in [-0.15, -0.1) is 0 Å². The number of anilines is 1. The zero-order chi connectivity index (χ0) is 24.5. The highest BCUT2D eigenvalue weighted by Crippen LogP contribution is 2.35. The number of methoxy groups -OCH3 is 2. The van der Waals surface area contributed by atoms with Gasteiger partial charge in [-0.2, -0.15) is 0 Å². The Hall–Kier alpha value is -3.64. The van der Waals surface area contributed by atoms with Crippen LogP contribution < -0.4 is 18.9 Å². The maximum Gasteiger partial charge on any atom is 0.267 e. The Morgan fingerprint density at radius 3 is 2.65 bits per heavy atom. The quantitative estimate of drug-likeness (QED) is 0.363. The normalized spacial score (nSPS) is 11.4. The first-order chi connectivity index (χ1) is 16.2. The number of aromatic nitrogens is 3. The molecular formula is C21H17ClF2N4O5S. The van der Waals surface area contributed by atoms with Gasteiger partial charge in [0.2, 0.25) is 5.88 Å². The van der Waals surface area contributed by atoms with Crippen molar-refractivity contribution >= 4 is 38.3 Å². The number of aromatic amines is 1. The molecule has 0 bridgehead atoms. The van der Waals surface area contributed by atoms with Crippen LogP contribution >= 0.6 is 11.6 Å². The molecule has 3 aromatic heterocycles. The largest absolute Gasteiger partial charge is 0.492 e. The topological polar surface area (TPSA) is 115 Å². The molecule has 0 saturated carbocycles. The molecule has 0 aliphatic heterocycles. The number of hydrogen-bond acceptors (Lipinski definition) is 7. The Balaban J connectivity index is 1.64. The summed E-state index contributed by atoms with van der Waals surface area (Å²) in [4.78, 5) is 10.4. The number of nitrogens with one attached hydrogen (secondary N) is 2. The van der Waals surface area contributed by atoms with Gasteiger partial charge in [0, 0.05) is 12.4 Å². The van der Waals surface area contributed by atoms with Crippen LogP contribution in [0.15, 0.2) is 47.8 Å². The number of ether oxygens (including phenoxy) is 3. The second-order valence-corrected chi connectivity index (χ2v) is 8.93. The van der Waals surface area contributed by atoms with Crippen LogP contribution in [-0.4, -0.2) is 37.6 Å². The van der Waals surface area contributed by atoms with Gasteiger partial charge in [-0.05, 0) is 24.3 Å². The molecule has 0 saturated heterocycles. The molecule has 1 aromatic carbocycles. The molecule has 2 N–H and O–H groups in total. The highest BCUT2D eigenvalue weighted by atomic mass is 35.5. The highest BCUT2D eigenvalue weighted by molar-refractivity contribution is 7.92. The Kier molecular flexibility index (Phi) is 6.44. The fourth-order valence-corrected chi connectivity index (χ4v) is 4.62. The zero-order valence-corrected chi connectivity index (χ0v) is 19.3. The van der Waals surface area contributed by atoms with Crippen LogP contribution in [0.5, 0.6) is 17.4 Å². The van der Waals surface area contributed by atoms with Crippen LogP contribution in [0, 0.1) is 11.6 Å². The lowest BCUT2D eigenvalue weighted by atomic mass is 10.2. The minimum atomic E-state index is -4.39. The van der Waals surface area contributed by atoms with Crippen LogP contribution in [0.3, 0.4) is 0 Å². The molecular weight excluding hydrogens is 494 g/mol. The van der Waals surface area contributed by atoms with E-state index in [9.17, 15) is 12.8 Å². The second-order valence-electron chi connectivity index (χ2n) is 6.84. The van der Waals surface area contributed by atoms with E-state index >= 15 is 4.39 Å². The summed E-state index contributed by atoms with van der Waals surface area (Å²) in [5, 5.41) is 0.642. The molecule has 9 nitrogen and oxygen atoms in total. The van der Waals surface area contributed by atoms with E-state index in [1.54, 1.807) is 12.3 Å². The number of fused-ring (bicyclic) bond motifs is 1. The van der Waals surface area contributed by atoms with Gasteiger partial charge < -0.3 is 19.2 Å². The average molecular weight is 511 g/mol. The molecule has 0 fully saturated rings. The van der Waals surface area contributed by atoms with Crippen LogP contribution in [0.2, 0.25) is 5.02 Å². The van der Waals surface area contributed by atoms with Crippen molar-refractivity contribution in [3.63, 3.8) is 0 Å². The number of sulfonamides is 1. The van der Waals surface area contributed by atoms with Crippen molar-refractivity contribution in [2.75, 3.05) is 18.9 Å². The maximum atomic E-state index is 15.2. The van der Waals surface area contributed by atoms with E-state index in [1.807, 2.05) is 0 Å². The van der Waals surface area contributed by atoms with Crippen molar-refractivity contribution in [3.8, 4) is 17.4 Å². The number of benzene rings is 1. The molecule has 3 heterocycles. The van der Waals surface area contributed by atoms with Crippen LogP contribution in [0.4, 0.5) is 14.5 Å². The fraction of sp³-hybridized carbons (Fsp3) is 0.143. The van der Waals surface area contributed by atoms with E-state index in [1.165, 1.54) is 26.6 Å². The van der Waals surface area contributed by atoms with E-state index in [0.717, 1.165) is 18.2 Å². The van der Waals surface area contributed by atoms with Crippen LogP contribution in [-0.2, 0) is 16.6 Å². The van der Waals surface area contributed by atoms with Crippen molar-refractivity contribution in [2.24, 2.45) is 0 Å². The SMILES string of the molecule is COc1ncc(Cl)cc1S(=O)(=O)Nc1ccc(F)c(COc2cnc3[nH]ccc3c2OC)c1F. The molecule has 4 rings (SSSR count). The molecule has 34 heavy (non-hydrogen) atoms. The fourth-order valence-electron chi connectivity index (χ4n) is 3.19. The summed E-state index contributed by atoms with van der Waals surface area (Å²) in [6.07, 6.45) is 4.20. The number of halogens is 3. The predicted octanol–water partition coefficient (Wildman–Crippen LogP) is 4.29. The lowest BCUT2D eigenvalue weighted by Crippen LogP contribution is -2.17. The monoisotopic (exact) mass is 510 g/mol. The molecule has 0 amide bonds. The summed E-state index contributed by atoms with van der Waals surface area (Å²) >= 11 is 5.85. The van der Waals surface area contributed by atoms with Crippen LogP contribution in [0.25, 0.3) is 11.0 Å². The molecule has 4 aromatic rings.